The smallest absolute Gasteiger partial charge is 0.133 e. The van der Waals surface area contributed by atoms with Gasteiger partial charge in [-0.05, 0) is 43.0 Å². The van der Waals surface area contributed by atoms with Crippen LogP contribution in [-0.4, -0.2) is 16.3 Å². The maximum atomic E-state index is 5.14. The van der Waals surface area contributed by atoms with E-state index < -0.39 is 0 Å². The summed E-state index contributed by atoms with van der Waals surface area (Å²) in [6, 6.07) is 10.8. The Kier molecular flexibility index (Phi) is 4.06. The van der Waals surface area contributed by atoms with Crippen molar-refractivity contribution in [1.29, 1.82) is 0 Å². The van der Waals surface area contributed by atoms with E-state index in [1.165, 1.54) is 16.5 Å². The Bertz CT molecular complexity index is 727. The van der Waals surface area contributed by atoms with Gasteiger partial charge in [-0.2, -0.15) is 0 Å². The maximum Gasteiger partial charge on any atom is 0.133 e. The molecule has 0 spiro atoms. The van der Waals surface area contributed by atoms with Crippen molar-refractivity contribution in [3.05, 3.63) is 53.5 Å². The summed E-state index contributed by atoms with van der Waals surface area (Å²) in [6.07, 6.45) is 3.27. The molecule has 0 radical (unpaired) electrons. The van der Waals surface area contributed by atoms with Gasteiger partial charge in [0.2, 0.25) is 0 Å². The Labute approximate surface area is 124 Å². The third-order valence-electron chi connectivity index (χ3n) is 3.60. The van der Waals surface area contributed by atoms with Crippen molar-refractivity contribution < 1.29 is 4.52 Å². The van der Waals surface area contributed by atoms with Gasteiger partial charge in [-0.3, -0.25) is 0 Å². The highest BCUT2D eigenvalue weighted by Crippen LogP contribution is 2.19. The van der Waals surface area contributed by atoms with Gasteiger partial charge in [0, 0.05) is 24.3 Å². The largest absolute Gasteiger partial charge is 0.361 e. The van der Waals surface area contributed by atoms with Crippen LogP contribution in [0.15, 0.2) is 41.1 Å². The molecular formula is C17H21N3O. The number of fused-ring (bicyclic) bond motifs is 1. The minimum absolute atomic E-state index is 0.743. The lowest BCUT2D eigenvalue weighted by Crippen LogP contribution is -2.13. The van der Waals surface area contributed by atoms with Crippen LogP contribution in [0.4, 0.5) is 0 Å². The predicted octanol–water partition coefficient (Wildman–Crippen LogP) is 3.49. The van der Waals surface area contributed by atoms with Crippen LogP contribution in [-0.2, 0) is 13.1 Å². The quantitative estimate of drug-likeness (QED) is 0.704. The van der Waals surface area contributed by atoms with Gasteiger partial charge in [0.25, 0.3) is 0 Å². The zero-order valence-corrected chi connectivity index (χ0v) is 12.6. The molecule has 21 heavy (non-hydrogen) atoms. The van der Waals surface area contributed by atoms with E-state index in [1.807, 2.05) is 13.0 Å². The number of hydrogen-bond donors (Lipinski definition) is 1. The molecule has 3 aromatic rings. The molecule has 0 saturated carbocycles. The first kappa shape index (κ1) is 13.9. The lowest BCUT2D eigenvalue weighted by atomic mass is 10.1. The first-order valence-electron chi connectivity index (χ1n) is 7.47. The Balaban J connectivity index is 1.83. The maximum absolute atomic E-state index is 5.14. The summed E-state index contributed by atoms with van der Waals surface area (Å²) in [7, 11) is 0. The summed E-state index contributed by atoms with van der Waals surface area (Å²) < 4.78 is 7.36. The molecule has 4 nitrogen and oxygen atoms in total. The minimum Gasteiger partial charge on any atom is -0.361 e. The molecule has 1 N–H and O–H groups in total. The van der Waals surface area contributed by atoms with Crippen molar-refractivity contribution in [3.63, 3.8) is 0 Å². The van der Waals surface area contributed by atoms with Gasteiger partial charge in [0.05, 0.1) is 6.54 Å². The van der Waals surface area contributed by atoms with Crippen LogP contribution in [0.5, 0.6) is 0 Å². The van der Waals surface area contributed by atoms with E-state index in [2.05, 4.69) is 52.4 Å². The van der Waals surface area contributed by atoms with Gasteiger partial charge in [0.1, 0.15) is 11.5 Å². The lowest BCUT2D eigenvalue weighted by molar-refractivity contribution is 0.389. The monoisotopic (exact) mass is 283 g/mol. The molecule has 1 aromatic carbocycles. The summed E-state index contributed by atoms with van der Waals surface area (Å²) in [6.45, 7) is 6.81. The Morgan fingerprint density at radius 3 is 2.90 bits per heavy atom. The van der Waals surface area contributed by atoms with Gasteiger partial charge < -0.3 is 14.4 Å². The Morgan fingerprint density at radius 1 is 1.24 bits per heavy atom. The van der Waals surface area contributed by atoms with Gasteiger partial charge in [-0.1, -0.05) is 24.2 Å². The molecular weight excluding hydrogens is 262 g/mol. The fraction of sp³-hybridized carbons (Fsp3) is 0.353. The van der Waals surface area contributed by atoms with E-state index in [-0.39, 0.29) is 0 Å². The van der Waals surface area contributed by atoms with E-state index in [0.717, 1.165) is 37.5 Å². The molecule has 4 heteroatoms. The van der Waals surface area contributed by atoms with Crippen molar-refractivity contribution in [2.75, 3.05) is 6.54 Å². The van der Waals surface area contributed by atoms with Crippen LogP contribution in [0, 0.1) is 6.92 Å². The normalized spacial score (nSPS) is 11.3. The van der Waals surface area contributed by atoms with Crippen molar-refractivity contribution in [3.8, 4) is 0 Å². The summed E-state index contributed by atoms with van der Waals surface area (Å²) in [5.41, 5.74) is 3.51. The zero-order valence-electron chi connectivity index (χ0n) is 12.6. The first-order chi connectivity index (χ1) is 10.3. The third-order valence-corrected chi connectivity index (χ3v) is 3.60. The van der Waals surface area contributed by atoms with Crippen LogP contribution in [0.2, 0.25) is 0 Å². The Hall–Kier alpha value is -2.07. The van der Waals surface area contributed by atoms with Crippen LogP contribution < -0.4 is 5.32 Å². The van der Waals surface area contributed by atoms with Gasteiger partial charge >= 0.3 is 0 Å². The number of nitrogens with zero attached hydrogens (tertiary/aromatic N) is 2. The number of nitrogens with one attached hydrogen (secondary N) is 1. The molecule has 110 valence electrons. The summed E-state index contributed by atoms with van der Waals surface area (Å²) in [5, 5.41) is 8.78. The van der Waals surface area contributed by atoms with Crippen molar-refractivity contribution >= 4 is 10.9 Å². The number of benzene rings is 1. The van der Waals surface area contributed by atoms with Crippen molar-refractivity contribution in [2.45, 2.75) is 33.4 Å². The molecule has 0 aliphatic heterocycles. The molecule has 3 rings (SSSR count). The number of hydrogen-bond acceptors (Lipinski definition) is 3. The second kappa shape index (κ2) is 6.14. The van der Waals surface area contributed by atoms with Crippen molar-refractivity contribution in [2.24, 2.45) is 0 Å². The molecule has 0 aliphatic carbocycles. The summed E-state index contributed by atoms with van der Waals surface area (Å²) >= 11 is 0. The first-order valence-corrected chi connectivity index (χ1v) is 7.47. The highest BCUT2D eigenvalue weighted by atomic mass is 16.5. The standard InChI is InChI=1S/C17H21N3O/c1-3-7-18-11-14-4-5-15-6-8-20(17(15)10-14)12-16-9-13(2)21-19-16/h4-6,8-10,18H,3,7,11-12H2,1-2H3. The molecule has 0 bridgehead atoms. The zero-order chi connectivity index (χ0) is 14.7. The third kappa shape index (κ3) is 3.16. The van der Waals surface area contributed by atoms with Crippen molar-refractivity contribution in [1.82, 2.24) is 15.0 Å². The van der Waals surface area contributed by atoms with Gasteiger partial charge in [-0.15, -0.1) is 0 Å². The summed E-state index contributed by atoms with van der Waals surface area (Å²) in [4.78, 5) is 0. The molecule has 0 fully saturated rings. The fourth-order valence-electron chi connectivity index (χ4n) is 2.55. The van der Waals surface area contributed by atoms with Crippen LogP contribution in [0.1, 0.15) is 30.4 Å². The molecule has 0 unspecified atom stereocenters. The highest BCUT2D eigenvalue weighted by molar-refractivity contribution is 5.80. The topological polar surface area (TPSA) is 43.0 Å². The van der Waals surface area contributed by atoms with E-state index in [1.54, 1.807) is 0 Å². The molecule has 0 atom stereocenters. The van der Waals surface area contributed by atoms with Gasteiger partial charge in [-0.25, -0.2) is 0 Å². The minimum atomic E-state index is 0.743. The fourth-order valence-corrected chi connectivity index (χ4v) is 2.55. The SMILES string of the molecule is CCCNCc1ccc2ccn(Cc3cc(C)on3)c2c1. The predicted molar refractivity (Wildman–Crippen MR) is 84.3 cm³/mol. The van der Waals surface area contributed by atoms with Crippen LogP contribution in [0.3, 0.4) is 0 Å². The average Bonchev–Trinajstić information content (AvgIpc) is 3.07. The van der Waals surface area contributed by atoms with E-state index in [9.17, 15) is 0 Å². The number of aryl methyl sites for hydroxylation is 1. The number of rotatable bonds is 6. The van der Waals surface area contributed by atoms with E-state index in [4.69, 9.17) is 4.52 Å². The Morgan fingerprint density at radius 2 is 2.14 bits per heavy atom. The molecule has 2 aromatic heterocycles. The molecule has 0 aliphatic rings. The second-order valence-electron chi connectivity index (χ2n) is 5.44. The highest BCUT2D eigenvalue weighted by Gasteiger charge is 2.06. The molecule has 0 saturated heterocycles. The molecule has 0 amide bonds. The van der Waals surface area contributed by atoms with E-state index >= 15 is 0 Å². The van der Waals surface area contributed by atoms with Crippen LogP contribution in [0.25, 0.3) is 10.9 Å². The van der Waals surface area contributed by atoms with E-state index in [0.29, 0.717) is 0 Å². The number of aromatic nitrogens is 2. The second-order valence-corrected chi connectivity index (χ2v) is 5.44. The van der Waals surface area contributed by atoms with Gasteiger partial charge in [0.15, 0.2) is 0 Å². The molecule has 2 heterocycles. The van der Waals surface area contributed by atoms with Crippen LogP contribution >= 0.6 is 0 Å². The lowest BCUT2D eigenvalue weighted by Gasteiger charge is -2.06. The summed E-state index contributed by atoms with van der Waals surface area (Å²) in [5.74, 6) is 0.853. The average molecular weight is 283 g/mol.